The molecule has 0 aromatic carbocycles. The van der Waals surface area contributed by atoms with Crippen molar-refractivity contribution in [2.75, 3.05) is 19.6 Å². The fourth-order valence-corrected chi connectivity index (χ4v) is 2.69. The van der Waals surface area contributed by atoms with E-state index in [1.165, 1.54) is 4.31 Å². The van der Waals surface area contributed by atoms with Crippen molar-refractivity contribution in [1.29, 1.82) is 0 Å². The van der Waals surface area contributed by atoms with Crippen LogP contribution in [0.25, 0.3) is 0 Å². The number of aliphatic hydroxyl groups is 1. The van der Waals surface area contributed by atoms with Gasteiger partial charge in [-0.05, 0) is 12.8 Å². The van der Waals surface area contributed by atoms with Crippen molar-refractivity contribution in [1.82, 2.24) is 9.03 Å². The van der Waals surface area contributed by atoms with E-state index >= 15 is 0 Å². The van der Waals surface area contributed by atoms with Gasteiger partial charge in [0.05, 0.1) is 5.60 Å². The van der Waals surface area contributed by atoms with E-state index in [-0.39, 0.29) is 6.54 Å². The van der Waals surface area contributed by atoms with Crippen LogP contribution in [0.15, 0.2) is 0 Å². The van der Waals surface area contributed by atoms with Gasteiger partial charge in [-0.25, -0.2) is 0 Å². The summed E-state index contributed by atoms with van der Waals surface area (Å²) in [5, 5.41) is 9.97. The van der Waals surface area contributed by atoms with Gasteiger partial charge in [-0.1, -0.05) is 27.7 Å². The zero-order valence-corrected chi connectivity index (χ0v) is 11.5. The maximum absolute atomic E-state index is 11.8. The molecule has 0 fully saturated rings. The fraction of sp³-hybridized carbons (Fsp3) is 1.00. The van der Waals surface area contributed by atoms with Crippen molar-refractivity contribution in [2.24, 2.45) is 0 Å². The van der Waals surface area contributed by atoms with Gasteiger partial charge in [0.25, 0.3) is 10.2 Å². The molecule has 0 amide bonds. The molecule has 0 saturated heterocycles. The molecule has 0 spiro atoms. The van der Waals surface area contributed by atoms with E-state index in [4.69, 9.17) is 0 Å². The highest BCUT2D eigenvalue weighted by molar-refractivity contribution is 7.87. The lowest BCUT2D eigenvalue weighted by Gasteiger charge is -2.27. The molecule has 0 aromatic rings. The zero-order chi connectivity index (χ0) is 12.8. The minimum atomic E-state index is -3.45. The molecule has 16 heavy (non-hydrogen) atoms. The summed E-state index contributed by atoms with van der Waals surface area (Å²) in [4.78, 5) is 0. The Hall–Kier alpha value is -0.170. The molecule has 0 radical (unpaired) electrons. The van der Waals surface area contributed by atoms with E-state index in [0.717, 1.165) is 0 Å². The third-order valence-electron chi connectivity index (χ3n) is 2.95. The molecule has 0 rings (SSSR count). The maximum Gasteiger partial charge on any atom is 0.279 e. The van der Waals surface area contributed by atoms with Gasteiger partial charge in [-0.15, -0.1) is 0 Å². The number of nitrogens with zero attached hydrogens (tertiary/aromatic N) is 1. The van der Waals surface area contributed by atoms with Crippen LogP contribution in [-0.2, 0) is 10.2 Å². The van der Waals surface area contributed by atoms with Crippen molar-refractivity contribution in [3.63, 3.8) is 0 Å². The highest BCUT2D eigenvalue weighted by atomic mass is 32.2. The first-order valence-corrected chi connectivity index (χ1v) is 7.26. The standard InChI is InChI=1S/C10H24N2O3S/c1-5-10(13,6-2)9-11-16(14,15)12(7-3)8-4/h11,13H,5-9H2,1-4H3. The monoisotopic (exact) mass is 252 g/mol. The average Bonchev–Trinajstić information content (AvgIpc) is 2.27. The van der Waals surface area contributed by atoms with Gasteiger partial charge in [0.2, 0.25) is 0 Å². The van der Waals surface area contributed by atoms with Crippen LogP contribution in [0.2, 0.25) is 0 Å². The molecule has 0 unspecified atom stereocenters. The molecule has 0 atom stereocenters. The van der Waals surface area contributed by atoms with Gasteiger partial charge in [-0.2, -0.15) is 17.4 Å². The second kappa shape index (κ2) is 6.54. The predicted octanol–water partition coefficient (Wildman–Crippen LogP) is 0.714. The van der Waals surface area contributed by atoms with E-state index in [1.54, 1.807) is 13.8 Å². The zero-order valence-electron chi connectivity index (χ0n) is 10.7. The summed E-state index contributed by atoms with van der Waals surface area (Å²) in [6, 6.07) is 0. The van der Waals surface area contributed by atoms with Gasteiger partial charge in [0, 0.05) is 19.6 Å². The Labute approximate surface area is 99.0 Å². The second-order valence-corrected chi connectivity index (χ2v) is 5.60. The summed E-state index contributed by atoms with van der Waals surface area (Å²) in [6.07, 6.45) is 1.06. The molecule has 0 aliphatic heterocycles. The van der Waals surface area contributed by atoms with Crippen LogP contribution in [0.3, 0.4) is 0 Å². The van der Waals surface area contributed by atoms with Crippen LogP contribution in [0, 0.1) is 0 Å². The number of rotatable bonds is 8. The number of hydrogen-bond donors (Lipinski definition) is 2. The highest BCUT2D eigenvalue weighted by Gasteiger charge is 2.26. The van der Waals surface area contributed by atoms with E-state index in [9.17, 15) is 13.5 Å². The summed E-state index contributed by atoms with van der Waals surface area (Å²) >= 11 is 0. The van der Waals surface area contributed by atoms with Gasteiger partial charge in [0.1, 0.15) is 0 Å². The SMILES string of the molecule is CCN(CC)S(=O)(=O)NCC(O)(CC)CC. The maximum atomic E-state index is 11.8. The normalized spacial score (nSPS) is 13.4. The van der Waals surface area contributed by atoms with E-state index in [1.807, 2.05) is 13.8 Å². The smallest absolute Gasteiger partial charge is 0.279 e. The summed E-state index contributed by atoms with van der Waals surface area (Å²) in [5.74, 6) is 0. The van der Waals surface area contributed by atoms with Crippen LogP contribution in [0.4, 0.5) is 0 Å². The molecule has 0 aliphatic rings. The molecule has 0 saturated carbocycles. The predicted molar refractivity (Wildman–Crippen MR) is 65.4 cm³/mol. The summed E-state index contributed by atoms with van der Waals surface area (Å²) < 4.78 is 27.3. The van der Waals surface area contributed by atoms with Crippen LogP contribution < -0.4 is 4.72 Å². The first-order valence-electron chi connectivity index (χ1n) is 5.82. The van der Waals surface area contributed by atoms with Crippen molar-refractivity contribution < 1.29 is 13.5 Å². The molecule has 98 valence electrons. The third-order valence-corrected chi connectivity index (χ3v) is 4.65. The summed E-state index contributed by atoms with van der Waals surface area (Å²) in [7, 11) is -3.45. The minimum absolute atomic E-state index is 0.0683. The van der Waals surface area contributed by atoms with E-state index < -0.39 is 15.8 Å². The van der Waals surface area contributed by atoms with Crippen LogP contribution in [0.5, 0.6) is 0 Å². The van der Waals surface area contributed by atoms with Crippen LogP contribution >= 0.6 is 0 Å². The molecular weight excluding hydrogens is 228 g/mol. The largest absolute Gasteiger partial charge is 0.389 e. The second-order valence-electron chi connectivity index (χ2n) is 3.84. The average molecular weight is 252 g/mol. The Bertz CT molecular complexity index is 282. The number of nitrogens with one attached hydrogen (secondary N) is 1. The van der Waals surface area contributed by atoms with E-state index in [2.05, 4.69) is 4.72 Å². The topological polar surface area (TPSA) is 69.6 Å². The minimum Gasteiger partial charge on any atom is -0.389 e. The molecule has 0 bridgehead atoms. The highest BCUT2D eigenvalue weighted by Crippen LogP contribution is 2.13. The third kappa shape index (κ3) is 4.37. The summed E-state index contributed by atoms with van der Waals surface area (Å²) in [5.41, 5.74) is -0.944. The quantitative estimate of drug-likeness (QED) is 0.668. The fourth-order valence-electron chi connectivity index (χ4n) is 1.38. The van der Waals surface area contributed by atoms with E-state index in [0.29, 0.717) is 25.9 Å². The molecule has 6 heteroatoms. The van der Waals surface area contributed by atoms with Crippen molar-refractivity contribution in [3.8, 4) is 0 Å². The van der Waals surface area contributed by atoms with Crippen molar-refractivity contribution in [3.05, 3.63) is 0 Å². The number of hydrogen-bond acceptors (Lipinski definition) is 3. The van der Waals surface area contributed by atoms with Crippen LogP contribution in [-0.4, -0.2) is 43.1 Å². The van der Waals surface area contributed by atoms with Gasteiger partial charge < -0.3 is 5.11 Å². The Kier molecular flexibility index (Phi) is 6.47. The summed E-state index contributed by atoms with van der Waals surface area (Å²) in [6.45, 7) is 8.19. The molecule has 0 heterocycles. The lowest BCUT2D eigenvalue weighted by Crippen LogP contribution is -2.47. The molecule has 5 nitrogen and oxygen atoms in total. The Morgan fingerprint density at radius 1 is 1.12 bits per heavy atom. The van der Waals surface area contributed by atoms with Crippen molar-refractivity contribution in [2.45, 2.75) is 46.1 Å². The first kappa shape index (κ1) is 15.8. The van der Waals surface area contributed by atoms with Gasteiger partial charge in [0.15, 0.2) is 0 Å². The Morgan fingerprint density at radius 2 is 1.56 bits per heavy atom. The molecule has 0 aliphatic carbocycles. The molecule has 0 aromatic heterocycles. The van der Waals surface area contributed by atoms with Gasteiger partial charge >= 0.3 is 0 Å². The lowest BCUT2D eigenvalue weighted by molar-refractivity contribution is 0.0373. The van der Waals surface area contributed by atoms with Gasteiger partial charge in [-0.3, -0.25) is 0 Å². The molecule has 2 N–H and O–H groups in total. The van der Waals surface area contributed by atoms with Crippen LogP contribution in [0.1, 0.15) is 40.5 Å². The first-order chi connectivity index (χ1) is 7.35. The Balaban J connectivity index is 4.50. The van der Waals surface area contributed by atoms with Crippen molar-refractivity contribution >= 4 is 10.2 Å². The Morgan fingerprint density at radius 3 is 1.88 bits per heavy atom. The lowest BCUT2D eigenvalue weighted by atomic mass is 9.98. The molecular formula is C10H24N2O3S.